The topological polar surface area (TPSA) is 90.1 Å². The number of nitro groups is 1. The number of thiophene rings is 1. The zero-order valence-electron chi connectivity index (χ0n) is 15.8. The van der Waals surface area contributed by atoms with Crippen molar-refractivity contribution in [2.45, 2.75) is 19.9 Å². The van der Waals surface area contributed by atoms with Crippen LogP contribution in [-0.4, -0.2) is 20.6 Å². The van der Waals surface area contributed by atoms with E-state index in [0.29, 0.717) is 10.4 Å². The summed E-state index contributed by atoms with van der Waals surface area (Å²) in [4.78, 5) is 24.8. The third-order valence-electron chi connectivity index (χ3n) is 4.70. The minimum absolute atomic E-state index is 0.00374. The van der Waals surface area contributed by atoms with Gasteiger partial charge in [0.05, 0.1) is 27.2 Å². The van der Waals surface area contributed by atoms with E-state index in [9.17, 15) is 14.9 Å². The lowest BCUT2D eigenvalue weighted by Crippen LogP contribution is -2.25. The number of carbonyl (C=O) groups is 1. The van der Waals surface area contributed by atoms with E-state index in [0.717, 1.165) is 21.6 Å². The van der Waals surface area contributed by atoms with Gasteiger partial charge in [0.15, 0.2) is 0 Å². The summed E-state index contributed by atoms with van der Waals surface area (Å²) in [5, 5.41) is 19.4. The van der Waals surface area contributed by atoms with Gasteiger partial charge in [-0.15, -0.1) is 11.3 Å². The molecule has 0 aliphatic rings. The Balaban J connectivity index is 1.61. The molecular formula is C21H18N4O3S. The van der Waals surface area contributed by atoms with E-state index in [1.165, 1.54) is 23.5 Å². The number of nitro benzene ring substituents is 1. The molecule has 2 heterocycles. The van der Waals surface area contributed by atoms with Gasteiger partial charge in [0.1, 0.15) is 4.83 Å². The molecule has 0 saturated heterocycles. The van der Waals surface area contributed by atoms with Crippen LogP contribution < -0.4 is 5.32 Å². The van der Waals surface area contributed by atoms with Crippen molar-refractivity contribution in [2.75, 3.05) is 0 Å². The zero-order chi connectivity index (χ0) is 20.5. The molecule has 146 valence electrons. The van der Waals surface area contributed by atoms with Crippen LogP contribution in [0.15, 0.2) is 60.7 Å². The van der Waals surface area contributed by atoms with E-state index in [-0.39, 0.29) is 17.6 Å². The fourth-order valence-electron chi connectivity index (χ4n) is 3.16. The maximum atomic E-state index is 12.8. The number of amides is 1. The van der Waals surface area contributed by atoms with Crippen LogP contribution in [0, 0.1) is 17.0 Å². The Hall–Kier alpha value is -3.52. The summed E-state index contributed by atoms with van der Waals surface area (Å²) in [6, 6.07) is 17.5. The van der Waals surface area contributed by atoms with Gasteiger partial charge in [-0.25, -0.2) is 4.68 Å². The van der Waals surface area contributed by atoms with Gasteiger partial charge in [-0.05, 0) is 37.6 Å². The average Bonchev–Trinajstić information content (AvgIpc) is 3.29. The van der Waals surface area contributed by atoms with Gasteiger partial charge in [-0.3, -0.25) is 14.9 Å². The molecule has 8 heteroatoms. The third-order valence-corrected chi connectivity index (χ3v) is 5.81. The van der Waals surface area contributed by atoms with E-state index >= 15 is 0 Å². The molecule has 1 amide bonds. The highest BCUT2D eigenvalue weighted by molar-refractivity contribution is 7.20. The summed E-state index contributed by atoms with van der Waals surface area (Å²) < 4.78 is 1.84. The summed E-state index contributed by atoms with van der Waals surface area (Å²) >= 11 is 1.37. The standard InChI is InChI=1S/C21H18N4O3S/c1-13(15-7-6-10-17(11-15)25(27)28)22-20(26)19-12-18-14(2)23-24(21(18)29-19)16-8-4-3-5-9-16/h3-13H,1-2H3,(H,22,26)/t13-/m0/s1. The first-order valence-corrected chi connectivity index (χ1v) is 9.85. The van der Waals surface area contributed by atoms with Crippen LogP contribution >= 0.6 is 11.3 Å². The fraction of sp³-hybridized carbons (Fsp3) is 0.143. The third kappa shape index (κ3) is 3.62. The number of fused-ring (bicyclic) bond motifs is 1. The maximum absolute atomic E-state index is 12.8. The van der Waals surface area contributed by atoms with Crippen molar-refractivity contribution in [1.82, 2.24) is 15.1 Å². The van der Waals surface area contributed by atoms with Crippen LogP contribution in [0.25, 0.3) is 15.9 Å². The molecule has 4 aromatic rings. The van der Waals surface area contributed by atoms with Crippen molar-refractivity contribution in [1.29, 1.82) is 0 Å². The lowest BCUT2D eigenvalue weighted by Gasteiger charge is -2.13. The quantitative estimate of drug-likeness (QED) is 0.381. The first kappa shape index (κ1) is 18.8. The molecule has 0 radical (unpaired) electrons. The Bertz CT molecular complexity index is 1210. The maximum Gasteiger partial charge on any atom is 0.269 e. The number of aromatic nitrogens is 2. The predicted octanol–water partition coefficient (Wildman–Crippen LogP) is 4.79. The van der Waals surface area contributed by atoms with E-state index in [1.807, 2.05) is 48.0 Å². The van der Waals surface area contributed by atoms with E-state index in [2.05, 4.69) is 10.4 Å². The van der Waals surface area contributed by atoms with Crippen molar-refractivity contribution in [3.05, 3.63) is 86.9 Å². The normalized spacial score (nSPS) is 12.1. The lowest BCUT2D eigenvalue weighted by molar-refractivity contribution is -0.384. The number of hydrogen-bond donors (Lipinski definition) is 1. The van der Waals surface area contributed by atoms with Gasteiger partial charge < -0.3 is 5.32 Å². The number of nitrogens with zero attached hydrogens (tertiary/aromatic N) is 3. The van der Waals surface area contributed by atoms with Crippen molar-refractivity contribution in [3.63, 3.8) is 0 Å². The summed E-state index contributed by atoms with van der Waals surface area (Å²) in [6.07, 6.45) is 0. The second kappa shape index (κ2) is 7.48. The predicted molar refractivity (Wildman–Crippen MR) is 113 cm³/mol. The largest absolute Gasteiger partial charge is 0.345 e. The molecule has 0 saturated carbocycles. The molecule has 1 N–H and O–H groups in total. The molecule has 2 aromatic carbocycles. The van der Waals surface area contributed by atoms with Crippen molar-refractivity contribution in [2.24, 2.45) is 0 Å². The monoisotopic (exact) mass is 406 g/mol. The second-order valence-corrected chi connectivity index (χ2v) is 7.74. The van der Waals surface area contributed by atoms with Crippen molar-refractivity contribution < 1.29 is 9.72 Å². The molecule has 29 heavy (non-hydrogen) atoms. The van der Waals surface area contributed by atoms with E-state index < -0.39 is 4.92 Å². The van der Waals surface area contributed by atoms with Crippen molar-refractivity contribution >= 4 is 33.1 Å². The number of nitrogens with one attached hydrogen (secondary N) is 1. The van der Waals surface area contributed by atoms with Crippen LogP contribution in [0.5, 0.6) is 0 Å². The Morgan fingerprint density at radius 2 is 1.93 bits per heavy atom. The molecule has 0 aliphatic heterocycles. The molecule has 0 fully saturated rings. The van der Waals surface area contributed by atoms with E-state index in [4.69, 9.17) is 0 Å². The number of non-ortho nitro benzene ring substituents is 1. The number of carbonyl (C=O) groups excluding carboxylic acids is 1. The highest BCUT2D eigenvalue weighted by Crippen LogP contribution is 2.31. The SMILES string of the molecule is Cc1nn(-c2ccccc2)c2sc(C(=O)N[C@@H](C)c3cccc([N+](=O)[O-])c3)cc12. The Morgan fingerprint density at radius 3 is 2.66 bits per heavy atom. The minimum Gasteiger partial charge on any atom is -0.345 e. The molecule has 2 aromatic heterocycles. The number of hydrogen-bond acceptors (Lipinski definition) is 5. The minimum atomic E-state index is -0.442. The molecule has 0 unspecified atom stereocenters. The van der Waals surface area contributed by atoms with Gasteiger partial charge in [-0.2, -0.15) is 5.10 Å². The Morgan fingerprint density at radius 1 is 1.17 bits per heavy atom. The van der Waals surface area contributed by atoms with Crippen LogP contribution in [0.3, 0.4) is 0 Å². The molecule has 7 nitrogen and oxygen atoms in total. The first-order chi connectivity index (χ1) is 13.9. The van der Waals surface area contributed by atoms with Crippen LogP contribution in [-0.2, 0) is 0 Å². The molecule has 0 spiro atoms. The smallest absolute Gasteiger partial charge is 0.269 e. The highest BCUT2D eigenvalue weighted by atomic mass is 32.1. The summed E-state index contributed by atoms with van der Waals surface area (Å²) in [6.45, 7) is 3.73. The molecule has 1 atom stereocenters. The van der Waals surface area contributed by atoms with Gasteiger partial charge in [0.25, 0.3) is 11.6 Å². The summed E-state index contributed by atoms with van der Waals surface area (Å²) in [5.41, 5.74) is 2.47. The van der Waals surface area contributed by atoms with Gasteiger partial charge >= 0.3 is 0 Å². The van der Waals surface area contributed by atoms with Crippen LogP contribution in [0.1, 0.15) is 33.9 Å². The fourth-order valence-corrected chi connectivity index (χ4v) is 4.25. The number of benzene rings is 2. The molecule has 0 aliphatic carbocycles. The number of rotatable bonds is 5. The van der Waals surface area contributed by atoms with Gasteiger partial charge in [0.2, 0.25) is 0 Å². The average molecular weight is 406 g/mol. The zero-order valence-corrected chi connectivity index (χ0v) is 16.6. The van der Waals surface area contributed by atoms with Gasteiger partial charge in [0, 0.05) is 17.5 Å². The molecule has 4 rings (SSSR count). The lowest BCUT2D eigenvalue weighted by atomic mass is 10.1. The Labute approximate surface area is 170 Å². The number of aryl methyl sites for hydroxylation is 1. The van der Waals surface area contributed by atoms with E-state index in [1.54, 1.807) is 19.1 Å². The molecular weight excluding hydrogens is 388 g/mol. The van der Waals surface area contributed by atoms with Crippen LogP contribution in [0.4, 0.5) is 5.69 Å². The summed E-state index contributed by atoms with van der Waals surface area (Å²) in [7, 11) is 0. The molecule has 0 bridgehead atoms. The second-order valence-electron chi connectivity index (χ2n) is 6.71. The highest BCUT2D eigenvalue weighted by Gasteiger charge is 2.19. The first-order valence-electron chi connectivity index (χ1n) is 9.04. The van der Waals surface area contributed by atoms with Gasteiger partial charge in [-0.1, -0.05) is 30.3 Å². The Kier molecular flexibility index (Phi) is 4.85. The number of para-hydroxylation sites is 1. The summed E-state index contributed by atoms with van der Waals surface area (Å²) in [5.74, 6) is -0.218. The van der Waals surface area contributed by atoms with Crippen LogP contribution in [0.2, 0.25) is 0 Å². The van der Waals surface area contributed by atoms with Crippen molar-refractivity contribution in [3.8, 4) is 5.69 Å².